The van der Waals surface area contributed by atoms with Gasteiger partial charge in [-0.15, -0.1) is 0 Å². The van der Waals surface area contributed by atoms with E-state index >= 15 is 0 Å². The average Bonchev–Trinajstić information content (AvgIpc) is 3.14. The number of fused-ring (bicyclic) bond motifs is 1. The molecule has 0 N–H and O–H groups in total. The van der Waals surface area contributed by atoms with E-state index in [4.69, 9.17) is 0 Å². The maximum atomic E-state index is 3.83. The molecular formula is C47H51N. The zero-order valence-electron chi connectivity index (χ0n) is 29.8. The van der Waals surface area contributed by atoms with Crippen LogP contribution in [-0.2, 0) is 0 Å². The van der Waals surface area contributed by atoms with E-state index in [0.717, 1.165) is 28.2 Å². The van der Waals surface area contributed by atoms with E-state index in [1.165, 1.54) is 33.0 Å². The lowest BCUT2D eigenvalue weighted by Gasteiger charge is -2.26. The fourth-order valence-corrected chi connectivity index (χ4v) is 5.13. The molecule has 0 aliphatic carbocycles. The molecule has 0 fully saturated rings. The second-order valence-electron chi connectivity index (χ2n) is 11.1. The predicted molar refractivity (Wildman–Crippen MR) is 217 cm³/mol. The van der Waals surface area contributed by atoms with Gasteiger partial charge in [-0.3, -0.25) is 0 Å². The van der Waals surface area contributed by atoms with Gasteiger partial charge in [0.2, 0.25) is 0 Å². The molecule has 48 heavy (non-hydrogen) atoms. The highest BCUT2D eigenvalue weighted by atomic mass is 15.1. The van der Waals surface area contributed by atoms with Gasteiger partial charge in [-0.25, -0.2) is 0 Å². The third kappa shape index (κ3) is 10.3. The van der Waals surface area contributed by atoms with E-state index in [1.54, 1.807) is 6.08 Å². The Morgan fingerprint density at radius 1 is 0.542 bits per heavy atom. The number of hydrogen-bond donors (Lipinski definition) is 0. The highest BCUT2D eigenvalue weighted by Crippen LogP contribution is 2.37. The van der Waals surface area contributed by atoms with Crippen LogP contribution in [0.2, 0.25) is 0 Å². The highest BCUT2D eigenvalue weighted by molar-refractivity contribution is 5.89. The van der Waals surface area contributed by atoms with E-state index < -0.39 is 0 Å². The van der Waals surface area contributed by atoms with E-state index in [-0.39, 0.29) is 0 Å². The topological polar surface area (TPSA) is 3.24 Å². The number of nitrogens with zero attached hydrogens (tertiary/aromatic N) is 1. The number of aryl methyl sites for hydroxylation is 2. The van der Waals surface area contributed by atoms with Gasteiger partial charge in [-0.1, -0.05) is 154 Å². The maximum absolute atomic E-state index is 3.83. The van der Waals surface area contributed by atoms with Crippen molar-refractivity contribution in [3.63, 3.8) is 0 Å². The van der Waals surface area contributed by atoms with Crippen LogP contribution in [-0.4, -0.2) is 0 Å². The van der Waals surface area contributed by atoms with Gasteiger partial charge in [0.05, 0.1) is 0 Å². The minimum atomic E-state index is 1.11. The van der Waals surface area contributed by atoms with Crippen LogP contribution in [0, 0.1) is 13.8 Å². The van der Waals surface area contributed by atoms with Crippen LogP contribution in [0.3, 0.4) is 0 Å². The SMILES string of the molecule is C/C=C\C=C/C.C=C/C=C/C(=C\C=C/C)c1ccc(N(c2ccc(-c3ccc(C)c(C)c3)cc2)c2ccc3ccccc3c2)cc1.CC. The number of hydrogen-bond acceptors (Lipinski definition) is 1. The molecule has 0 bridgehead atoms. The predicted octanol–water partition coefficient (Wildman–Crippen LogP) is 14.5. The molecule has 0 heterocycles. The van der Waals surface area contributed by atoms with Gasteiger partial charge in [0.25, 0.3) is 0 Å². The summed E-state index contributed by atoms with van der Waals surface area (Å²) >= 11 is 0. The molecule has 5 aromatic carbocycles. The Labute approximate surface area is 290 Å². The van der Waals surface area contributed by atoms with Crippen LogP contribution < -0.4 is 4.90 Å². The van der Waals surface area contributed by atoms with Crippen molar-refractivity contribution >= 4 is 33.4 Å². The first kappa shape index (κ1) is 37.1. The third-order valence-corrected chi connectivity index (χ3v) is 7.79. The summed E-state index contributed by atoms with van der Waals surface area (Å²) in [5.74, 6) is 0. The molecule has 5 rings (SSSR count). The van der Waals surface area contributed by atoms with E-state index in [2.05, 4.69) is 153 Å². The van der Waals surface area contributed by atoms with Crippen LogP contribution in [0.15, 0.2) is 177 Å². The van der Waals surface area contributed by atoms with Crippen LogP contribution in [0.25, 0.3) is 27.5 Å². The summed E-state index contributed by atoms with van der Waals surface area (Å²) in [4.78, 5) is 2.33. The Morgan fingerprint density at radius 3 is 1.69 bits per heavy atom. The second-order valence-corrected chi connectivity index (χ2v) is 11.1. The molecule has 0 aliphatic rings. The lowest BCUT2D eigenvalue weighted by molar-refractivity contribution is 1.29. The van der Waals surface area contributed by atoms with Gasteiger partial charge >= 0.3 is 0 Å². The minimum absolute atomic E-state index is 1.11. The van der Waals surface area contributed by atoms with Crippen molar-refractivity contribution in [1.29, 1.82) is 0 Å². The largest absolute Gasteiger partial charge is 0.310 e. The van der Waals surface area contributed by atoms with E-state index in [9.17, 15) is 0 Å². The monoisotopic (exact) mass is 629 g/mol. The molecule has 0 radical (unpaired) electrons. The van der Waals surface area contributed by atoms with Crippen molar-refractivity contribution in [3.05, 3.63) is 193 Å². The minimum Gasteiger partial charge on any atom is -0.310 e. The Kier molecular flexibility index (Phi) is 15.4. The van der Waals surface area contributed by atoms with E-state index in [1.807, 2.05) is 71.1 Å². The molecule has 0 unspecified atom stereocenters. The van der Waals surface area contributed by atoms with Gasteiger partial charge in [0.15, 0.2) is 0 Å². The fraction of sp³-hybridized carbons (Fsp3) is 0.149. The summed E-state index contributed by atoms with van der Waals surface area (Å²) < 4.78 is 0. The van der Waals surface area contributed by atoms with Crippen LogP contribution in [0.1, 0.15) is 51.3 Å². The molecule has 0 atom stereocenters. The van der Waals surface area contributed by atoms with Crippen LogP contribution in [0.5, 0.6) is 0 Å². The second kappa shape index (κ2) is 20.0. The molecule has 0 saturated carbocycles. The number of anilines is 3. The van der Waals surface area contributed by atoms with Gasteiger partial charge in [0.1, 0.15) is 0 Å². The lowest BCUT2D eigenvalue weighted by Crippen LogP contribution is -2.10. The molecule has 1 heteroatoms. The standard InChI is InChI=1S/C39H35N.C6H10.C2H6/c1-5-7-11-31(12-8-6-2)33-17-22-37(23-18-33)40(39-26-21-32-13-9-10-14-35(32)28-39)38-24-19-34(20-25-38)36-16-15-29(3)30(4)27-36;1-3-5-6-4-2;1-2/h5-28H,1H2,2-4H3;3-6H,1-2H3;1-2H3/b8-6-,11-7+,31-12+;5-3-,6-4-;. The normalized spacial score (nSPS) is 11.5. The van der Waals surface area contributed by atoms with Gasteiger partial charge in [-0.05, 0) is 115 Å². The smallest absolute Gasteiger partial charge is 0.0468 e. The van der Waals surface area contributed by atoms with Gasteiger partial charge in [0, 0.05) is 17.1 Å². The van der Waals surface area contributed by atoms with Gasteiger partial charge in [-0.2, -0.15) is 0 Å². The molecule has 0 spiro atoms. The molecule has 244 valence electrons. The summed E-state index contributed by atoms with van der Waals surface area (Å²) in [7, 11) is 0. The lowest BCUT2D eigenvalue weighted by atomic mass is 10.00. The summed E-state index contributed by atoms with van der Waals surface area (Å²) in [5.41, 5.74) is 10.7. The van der Waals surface area contributed by atoms with Crippen LogP contribution >= 0.6 is 0 Å². The Hall–Kier alpha value is -5.40. The molecule has 5 aromatic rings. The third-order valence-electron chi connectivity index (χ3n) is 7.79. The Balaban J connectivity index is 0.000000705. The van der Waals surface area contributed by atoms with Crippen molar-refractivity contribution in [1.82, 2.24) is 0 Å². The summed E-state index contributed by atoms with van der Waals surface area (Å²) in [6.07, 6.45) is 20.1. The molecule has 0 aliphatic heterocycles. The van der Waals surface area contributed by atoms with Gasteiger partial charge < -0.3 is 4.90 Å². The summed E-state index contributed by atoms with van der Waals surface area (Å²) in [6.45, 7) is 18.2. The van der Waals surface area contributed by atoms with Crippen molar-refractivity contribution in [3.8, 4) is 11.1 Å². The number of rotatable bonds is 9. The fourth-order valence-electron chi connectivity index (χ4n) is 5.13. The van der Waals surface area contributed by atoms with Crippen molar-refractivity contribution in [2.45, 2.75) is 48.5 Å². The van der Waals surface area contributed by atoms with E-state index in [0.29, 0.717) is 0 Å². The summed E-state index contributed by atoms with van der Waals surface area (Å²) in [5, 5.41) is 2.46. The molecule has 0 aromatic heterocycles. The Bertz CT molecular complexity index is 1870. The molecular weight excluding hydrogens is 579 g/mol. The number of allylic oxidation sites excluding steroid dienone is 11. The Morgan fingerprint density at radius 2 is 1.10 bits per heavy atom. The molecule has 0 amide bonds. The zero-order chi connectivity index (χ0) is 34.7. The summed E-state index contributed by atoms with van der Waals surface area (Å²) in [6, 6.07) is 39.5. The first-order chi connectivity index (χ1) is 23.5. The van der Waals surface area contributed by atoms with Crippen LogP contribution in [0.4, 0.5) is 17.1 Å². The van der Waals surface area contributed by atoms with Crippen molar-refractivity contribution in [2.75, 3.05) is 4.90 Å². The molecule has 0 saturated heterocycles. The first-order valence-electron chi connectivity index (χ1n) is 16.9. The first-order valence-corrected chi connectivity index (χ1v) is 16.9. The maximum Gasteiger partial charge on any atom is 0.0468 e. The highest BCUT2D eigenvalue weighted by Gasteiger charge is 2.14. The number of benzene rings is 5. The quantitative estimate of drug-likeness (QED) is 0.147. The average molecular weight is 630 g/mol. The van der Waals surface area contributed by atoms with Crippen molar-refractivity contribution < 1.29 is 0 Å². The van der Waals surface area contributed by atoms with Crippen molar-refractivity contribution in [2.24, 2.45) is 0 Å². The zero-order valence-corrected chi connectivity index (χ0v) is 29.8. The molecule has 1 nitrogen and oxygen atoms in total.